The number of nitrogens with two attached hydrogens (primary N) is 1. The summed E-state index contributed by atoms with van der Waals surface area (Å²) in [5.41, 5.74) is 5.07. The third kappa shape index (κ3) is 2.10. The number of amides is 2. The summed E-state index contributed by atoms with van der Waals surface area (Å²) in [5.74, 6) is -1.09. The van der Waals surface area contributed by atoms with Gasteiger partial charge >= 0.3 is 0 Å². The maximum Gasteiger partial charge on any atom is 0.249 e. The topological polar surface area (TPSA) is 83.6 Å². The Morgan fingerprint density at radius 3 is 2.69 bits per heavy atom. The van der Waals surface area contributed by atoms with Crippen LogP contribution in [0.4, 0.5) is 0 Å². The average molecular weight is 207 g/mol. The molecule has 0 aromatic carbocycles. The number of rotatable bonds is 2. The number of alkyl halides is 1. The highest BCUT2D eigenvalue weighted by molar-refractivity contribution is 6.21. The molecule has 6 heteroatoms. The largest absolute Gasteiger partial charge is 0.387 e. The van der Waals surface area contributed by atoms with E-state index in [1.54, 1.807) is 0 Å². The minimum Gasteiger partial charge on any atom is -0.387 e. The van der Waals surface area contributed by atoms with Crippen LogP contribution in [0.2, 0.25) is 0 Å². The van der Waals surface area contributed by atoms with Crippen LogP contribution in [-0.4, -0.2) is 46.4 Å². The molecule has 0 aromatic heterocycles. The number of hydrogen-bond acceptors (Lipinski definition) is 3. The highest BCUT2D eigenvalue weighted by atomic mass is 35.5. The van der Waals surface area contributed by atoms with Crippen LogP contribution in [0.3, 0.4) is 0 Å². The molecule has 0 spiro atoms. The zero-order valence-electron chi connectivity index (χ0n) is 6.94. The molecule has 0 radical (unpaired) electrons. The molecule has 1 rings (SSSR count). The first-order chi connectivity index (χ1) is 6.06. The van der Waals surface area contributed by atoms with Crippen molar-refractivity contribution in [3.63, 3.8) is 0 Å². The van der Waals surface area contributed by atoms with Crippen molar-refractivity contribution in [1.82, 2.24) is 4.90 Å². The summed E-state index contributed by atoms with van der Waals surface area (Å²) < 4.78 is 0. The van der Waals surface area contributed by atoms with Gasteiger partial charge in [0.25, 0.3) is 0 Å². The molecule has 0 aliphatic carbocycles. The first kappa shape index (κ1) is 10.3. The lowest BCUT2D eigenvalue weighted by molar-refractivity contribution is -0.139. The smallest absolute Gasteiger partial charge is 0.249 e. The van der Waals surface area contributed by atoms with E-state index in [9.17, 15) is 9.59 Å². The Hall–Kier alpha value is -0.810. The van der Waals surface area contributed by atoms with Crippen LogP contribution >= 0.6 is 11.6 Å². The van der Waals surface area contributed by atoms with Gasteiger partial charge in [0.1, 0.15) is 12.6 Å². The van der Waals surface area contributed by atoms with Gasteiger partial charge in [-0.1, -0.05) is 0 Å². The maximum atomic E-state index is 11.1. The molecule has 3 N–H and O–H groups in total. The maximum absolute atomic E-state index is 11.1. The molecule has 1 saturated heterocycles. The SMILES string of the molecule is NC(=O)[C@@H]1CC(Cl)CN1C(=O)CO. The molecule has 1 unspecified atom stereocenters. The summed E-state index contributed by atoms with van der Waals surface area (Å²) in [6.45, 7) is -0.345. The van der Waals surface area contributed by atoms with Crippen LogP contribution in [0, 0.1) is 0 Å². The summed E-state index contributed by atoms with van der Waals surface area (Å²) >= 11 is 5.76. The number of carbonyl (C=O) groups excluding carboxylic acids is 2. The van der Waals surface area contributed by atoms with E-state index in [2.05, 4.69) is 0 Å². The van der Waals surface area contributed by atoms with Crippen molar-refractivity contribution in [1.29, 1.82) is 0 Å². The molecule has 0 saturated carbocycles. The summed E-state index contributed by atoms with van der Waals surface area (Å²) in [5, 5.41) is 8.34. The van der Waals surface area contributed by atoms with E-state index < -0.39 is 24.5 Å². The first-order valence-corrected chi connectivity index (χ1v) is 4.33. The molecular formula is C7H11ClN2O3. The molecule has 13 heavy (non-hydrogen) atoms. The van der Waals surface area contributed by atoms with Crippen molar-refractivity contribution in [2.75, 3.05) is 13.2 Å². The summed E-state index contributed by atoms with van der Waals surface area (Å²) in [4.78, 5) is 23.2. The zero-order chi connectivity index (χ0) is 10.0. The second-order valence-corrected chi connectivity index (χ2v) is 3.57. The van der Waals surface area contributed by atoms with Gasteiger partial charge in [0.2, 0.25) is 11.8 Å². The van der Waals surface area contributed by atoms with E-state index in [1.807, 2.05) is 0 Å². The molecule has 1 fully saturated rings. The Labute approximate surface area is 80.4 Å². The molecule has 1 heterocycles. The van der Waals surface area contributed by atoms with Crippen LogP contribution in [0.1, 0.15) is 6.42 Å². The van der Waals surface area contributed by atoms with Crippen LogP contribution in [0.25, 0.3) is 0 Å². The molecule has 2 amide bonds. The second-order valence-electron chi connectivity index (χ2n) is 2.96. The standard InChI is InChI=1S/C7H11ClN2O3/c8-4-1-5(7(9)13)10(2-4)6(12)3-11/h4-5,11H,1-3H2,(H2,9,13)/t4?,5-/m0/s1. The predicted octanol–water partition coefficient (Wildman–Crippen LogP) is -1.33. The van der Waals surface area contributed by atoms with E-state index >= 15 is 0 Å². The summed E-state index contributed by atoms with van der Waals surface area (Å²) in [7, 11) is 0. The fraction of sp³-hybridized carbons (Fsp3) is 0.714. The number of carbonyl (C=O) groups is 2. The van der Waals surface area contributed by atoms with E-state index in [1.165, 1.54) is 4.90 Å². The fourth-order valence-corrected chi connectivity index (χ4v) is 1.74. The van der Waals surface area contributed by atoms with Gasteiger partial charge in [-0.25, -0.2) is 0 Å². The number of halogens is 1. The first-order valence-electron chi connectivity index (χ1n) is 3.90. The third-order valence-corrected chi connectivity index (χ3v) is 2.35. The van der Waals surface area contributed by atoms with Crippen molar-refractivity contribution in [2.24, 2.45) is 5.73 Å². The highest BCUT2D eigenvalue weighted by Crippen LogP contribution is 2.21. The Morgan fingerprint density at radius 1 is 1.62 bits per heavy atom. The van der Waals surface area contributed by atoms with E-state index in [4.69, 9.17) is 22.4 Å². The molecule has 0 aromatic rings. The normalized spacial score (nSPS) is 27.7. The van der Waals surface area contributed by atoms with Crippen molar-refractivity contribution < 1.29 is 14.7 Å². The number of likely N-dealkylation sites (tertiary alicyclic amines) is 1. The number of aliphatic hydroxyl groups excluding tert-OH is 1. The van der Waals surface area contributed by atoms with Crippen LogP contribution in [-0.2, 0) is 9.59 Å². The Morgan fingerprint density at radius 2 is 2.23 bits per heavy atom. The molecule has 1 aliphatic rings. The molecule has 74 valence electrons. The Kier molecular flexibility index (Phi) is 3.11. The monoisotopic (exact) mass is 206 g/mol. The Balaban J connectivity index is 2.71. The van der Waals surface area contributed by atoms with Crippen molar-refractivity contribution in [3.8, 4) is 0 Å². The van der Waals surface area contributed by atoms with Crippen LogP contribution < -0.4 is 5.73 Å². The number of primary amides is 1. The highest BCUT2D eigenvalue weighted by Gasteiger charge is 2.37. The van der Waals surface area contributed by atoms with Gasteiger partial charge in [-0.15, -0.1) is 11.6 Å². The van der Waals surface area contributed by atoms with Gasteiger partial charge in [0, 0.05) is 6.54 Å². The number of nitrogens with zero attached hydrogens (tertiary/aromatic N) is 1. The minimum atomic E-state index is -0.665. The molecular weight excluding hydrogens is 196 g/mol. The third-order valence-electron chi connectivity index (χ3n) is 2.03. The second kappa shape index (κ2) is 3.93. The van der Waals surface area contributed by atoms with E-state index in [0.29, 0.717) is 6.42 Å². The van der Waals surface area contributed by atoms with Gasteiger partial charge in [-0.05, 0) is 6.42 Å². The Bertz CT molecular complexity index is 234. The van der Waals surface area contributed by atoms with E-state index in [0.717, 1.165) is 0 Å². The van der Waals surface area contributed by atoms with Gasteiger partial charge < -0.3 is 15.7 Å². The molecule has 1 aliphatic heterocycles. The quantitative estimate of drug-likeness (QED) is 0.550. The zero-order valence-corrected chi connectivity index (χ0v) is 7.70. The lowest BCUT2D eigenvalue weighted by Crippen LogP contribution is -2.44. The molecule has 5 nitrogen and oxygen atoms in total. The van der Waals surface area contributed by atoms with Gasteiger partial charge in [0.05, 0.1) is 5.38 Å². The minimum absolute atomic E-state index is 0.256. The van der Waals surface area contributed by atoms with Gasteiger partial charge in [-0.2, -0.15) is 0 Å². The van der Waals surface area contributed by atoms with Crippen molar-refractivity contribution >= 4 is 23.4 Å². The van der Waals surface area contributed by atoms with Crippen LogP contribution in [0.5, 0.6) is 0 Å². The van der Waals surface area contributed by atoms with Crippen molar-refractivity contribution in [3.05, 3.63) is 0 Å². The van der Waals surface area contributed by atoms with Crippen molar-refractivity contribution in [2.45, 2.75) is 17.8 Å². The van der Waals surface area contributed by atoms with Gasteiger partial charge in [-0.3, -0.25) is 9.59 Å². The number of hydrogen-bond donors (Lipinski definition) is 2. The van der Waals surface area contributed by atoms with E-state index in [-0.39, 0.29) is 11.9 Å². The predicted molar refractivity (Wildman–Crippen MR) is 46.0 cm³/mol. The lowest BCUT2D eigenvalue weighted by atomic mass is 10.2. The molecule has 0 bridgehead atoms. The van der Waals surface area contributed by atoms with Crippen LogP contribution in [0.15, 0.2) is 0 Å². The fourth-order valence-electron chi connectivity index (χ4n) is 1.42. The van der Waals surface area contributed by atoms with Gasteiger partial charge in [0.15, 0.2) is 0 Å². The molecule has 2 atom stereocenters. The average Bonchev–Trinajstić information content (AvgIpc) is 2.46. The summed E-state index contributed by atoms with van der Waals surface area (Å²) in [6, 6.07) is -0.665. The lowest BCUT2D eigenvalue weighted by Gasteiger charge is -2.20. The summed E-state index contributed by atoms with van der Waals surface area (Å²) in [6.07, 6.45) is 0.364. The number of aliphatic hydroxyl groups is 1.